The number of unbranched alkanes of at least 4 members (excludes halogenated alkanes) is 2. The van der Waals surface area contributed by atoms with Crippen LogP contribution in [0.1, 0.15) is 19.3 Å². The average molecular weight is 290 g/mol. The molecule has 0 bridgehead atoms. The maximum atomic E-state index is 9.56. The summed E-state index contributed by atoms with van der Waals surface area (Å²) in [5, 5.41) is 0. The molecule has 0 aromatic rings. The Labute approximate surface area is 61.7 Å². The van der Waals surface area contributed by atoms with Gasteiger partial charge in [-0.05, 0) is 6.42 Å². The molecule has 8 heavy (non-hydrogen) atoms. The number of aldehydes is 2. The fourth-order valence-electron chi connectivity index (χ4n) is 0.285. The van der Waals surface area contributed by atoms with Crippen LogP contribution in [-0.4, -0.2) is 12.6 Å². The molecule has 0 heterocycles. The fraction of sp³-hybridized carbons (Fsp3) is 0.600. The zero-order chi connectivity index (χ0) is 5.54. The molecule has 0 atom stereocenters. The maximum Gasteiger partial charge on any atom is 0.120 e. The van der Waals surface area contributed by atoms with Crippen LogP contribution in [0.3, 0.4) is 0 Å². The van der Waals surface area contributed by atoms with E-state index in [9.17, 15) is 9.59 Å². The van der Waals surface area contributed by atoms with Gasteiger partial charge in [-0.3, -0.25) is 0 Å². The van der Waals surface area contributed by atoms with Crippen LogP contribution in [0.15, 0.2) is 0 Å². The second-order valence-corrected chi connectivity index (χ2v) is 1.26. The van der Waals surface area contributed by atoms with Gasteiger partial charge in [0, 0.05) is 32.6 Å². The van der Waals surface area contributed by atoms with Crippen LogP contribution in [0.25, 0.3) is 0 Å². The van der Waals surface area contributed by atoms with Crippen LogP contribution >= 0.6 is 0 Å². The third kappa shape index (κ3) is 9.36. The Morgan fingerprint density at radius 3 is 1.62 bits per heavy atom. The molecule has 0 saturated heterocycles. The largest absolute Gasteiger partial charge is 0.303 e. The third-order valence-electron chi connectivity index (χ3n) is 0.644. The predicted octanol–water partition coefficient (Wildman–Crippen LogP) is 0.552. The van der Waals surface area contributed by atoms with E-state index in [4.69, 9.17) is 0 Å². The number of rotatable bonds is 4. The van der Waals surface area contributed by atoms with Crippen molar-refractivity contribution in [1.29, 1.82) is 0 Å². The van der Waals surface area contributed by atoms with Gasteiger partial charge in [-0.25, -0.2) is 0 Å². The minimum atomic E-state index is 0. The summed E-state index contributed by atoms with van der Waals surface area (Å²) in [6, 6.07) is 0. The molecule has 0 aliphatic heterocycles. The molecule has 0 unspecified atom stereocenters. The summed E-state index contributed by atoms with van der Waals surface area (Å²) in [4.78, 5) is 19.1. The smallest absolute Gasteiger partial charge is 0.120 e. The number of carbonyl (C=O) groups excluding carboxylic acids is 2. The summed E-state index contributed by atoms with van der Waals surface area (Å²) < 4.78 is 0. The van der Waals surface area contributed by atoms with Crippen LogP contribution in [0.5, 0.6) is 0 Å². The first-order valence-corrected chi connectivity index (χ1v) is 2.29. The number of carbonyl (C=O) groups is 2. The topological polar surface area (TPSA) is 34.1 Å². The molecule has 0 aliphatic carbocycles. The van der Waals surface area contributed by atoms with Gasteiger partial charge >= 0.3 is 0 Å². The van der Waals surface area contributed by atoms with Crippen molar-refractivity contribution in [3.63, 3.8) is 0 Å². The summed E-state index contributed by atoms with van der Waals surface area (Å²) in [5.74, 6) is 0. The Kier molecular flexibility index (Phi) is 13.7. The summed E-state index contributed by atoms with van der Waals surface area (Å²) in [6.07, 6.45) is 3.37. The molecule has 0 spiro atoms. The first-order chi connectivity index (χ1) is 3.41. The minimum absolute atomic E-state index is 0. The van der Waals surface area contributed by atoms with Crippen molar-refractivity contribution in [2.24, 2.45) is 0 Å². The molecule has 0 amide bonds. The number of hydrogen-bond donors (Lipinski definition) is 0. The van der Waals surface area contributed by atoms with Gasteiger partial charge < -0.3 is 9.59 Å². The van der Waals surface area contributed by atoms with Crippen LogP contribution in [0.2, 0.25) is 0 Å². The van der Waals surface area contributed by atoms with Crippen molar-refractivity contribution in [3.8, 4) is 0 Å². The normalized spacial score (nSPS) is 7.00. The van der Waals surface area contributed by atoms with Crippen molar-refractivity contribution in [2.75, 3.05) is 0 Å². The van der Waals surface area contributed by atoms with E-state index in [1.54, 1.807) is 0 Å². The Bertz CT molecular complexity index is 55.4. The van der Waals surface area contributed by atoms with E-state index in [1.165, 1.54) is 0 Å². The van der Waals surface area contributed by atoms with Crippen molar-refractivity contribution >= 4 is 12.6 Å². The SMILES string of the molecule is O=CCCCC=O.[Os]. The molecular formula is C5H8O2Os. The van der Waals surface area contributed by atoms with Crippen molar-refractivity contribution < 1.29 is 29.4 Å². The summed E-state index contributed by atoms with van der Waals surface area (Å²) in [5.41, 5.74) is 0. The van der Waals surface area contributed by atoms with E-state index in [0.29, 0.717) is 19.3 Å². The molecular weight excluding hydrogens is 282 g/mol. The van der Waals surface area contributed by atoms with Gasteiger partial charge in [-0.1, -0.05) is 0 Å². The quantitative estimate of drug-likeness (QED) is 0.560. The van der Waals surface area contributed by atoms with Crippen molar-refractivity contribution in [2.45, 2.75) is 19.3 Å². The van der Waals surface area contributed by atoms with E-state index in [-0.39, 0.29) is 19.8 Å². The first kappa shape index (κ1) is 10.9. The summed E-state index contributed by atoms with van der Waals surface area (Å²) in [7, 11) is 0. The van der Waals surface area contributed by atoms with Gasteiger partial charge in [0.15, 0.2) is 0 Å². The standard InChI is InChI=1S/C5H8O2.Os/c6-4-2-1-3-5-7;/h4-5H,1-3H2;. The second-order valence-electron chi connectivity index (χ2n) is 1.26. The van der Waals surface area contributed by atoms with Crippen molar-refractivity contribution in [3.05, 3.63) is 0 Å². The van der Waals surface area contributed by atoms with E-state index >= 15 is 0 Å². The monoisotopic (exact) mass is 292 g/mol. The van der Waals surface area contributed by atoms with E-state index in [1.807, 2.05) is 0 Å². The molecule has 3 heteroatoms. The molecule has 0 aromatic carbocycles. The van der Waals surface area contributed by atoms with E-state index in [0.717, 1.165) is 12.6 Å². The van der Waals surface area contributed by atoms with Gasteiger partial charge in [-0.2, -0.15) is 0 Å². The molecule has 0 saturated carbocycles. The molecule has 0 radical (unpaired) electrons. The Morgan fingerprint density at radius 2 is 1.38 bits per heavy atom. The molecule has 48 valence electrons. The minimum Gasteiger partial charge on any atom is -0.303 e. The van der Waals surface area contributed by atoms with Gasteiger partial charge in [0.05, 0.1) is 0 Å². The summed E-state index contributed by atoms with van der Waals surface area (Å²) in [6.45, 7) is 0. The van der Waals surface area contributed by atoms with E-state index in [2.05, 4.69) is 0 Å². The molecule has 0 aromatic heterocycles. The Hall–Kier alpha value is -0.0236. The van der Waals surface area contributed by atoms with Gasteiger partial charge in [0.1, 0.15) is 12.6 Å². The maximum absolute atomic E-state index is 9.56. The van der Waals surface area contributed by atoms with Crippen LogP contribution in [0.4, 0.5) is 0 Å². The molecule has 0 N–H and O–H groups in total. The second kappa shape index (κ2) is 10.1. The molecule has 0 rings (SSSR count). The Morgan fingerprint density at radius 1 is 1.00 bits per heavy atom. The first-order valence-electron chi connectivity index (χ1n) is 2.29. The molecule has 0 aliphatic rings. The zero-order valence-corrected chi connectivity index (χ0v) is 6.99. The molecule has 0 fully saturated rings. The number of hydrogen-bond acceptors (Lipinski definition) is 2. The van der Waals surface area contributed by atoms with Crippen molar-refractivity contribution in [1.82, 2.24) is 0 Å². The van der Waals surface area contributed by atoms with Crippen LogP contribution in [-0.2, 0) is 29.4 Å². The predicted molar refractivity (Wildman–Crippen MR) is 26.0 cm³/mol. The zero-order valence-electron chi connectivity index (χ0n) is 4.45. The van der Waals surface area contributed by atoms with Crippen LogP contribution in [0, 0.1) is 0 Å². The summed E-state index contributed by atoms with van der Waals surface area (Å²) >= 11 is 0. The van der Waals surface area contributed by atoms with Gasteiger partial charge in [0.25, 0.3) is 0 Å². The van der Waals surface area contributed by atoms with E-state index < -0.39 is 0 Å². The van der Waals surface area contributed by atoms with Gasteiger partial charge in [-0.15, -0.1) is 0 Å². The van der Waals surface area contributed by atoms with Crippen LogP contribution < -0.4 is 0 Å². The average Bonchev–Trinajstić information content (AvgIpc) is 1.69. The molecule has 2 nitrogen and oxygen atoms in total. The third-order valence-corrected chi connectivity index (χ3v) is 0.644. The fourth-order valence-corrected chi connectivity index (χ4v) is 0.285. The van der Waals surface area contributed by atoms with Gasteiger partial charge in [0.2, 0.25) is 0 Å². The Balaban J connectivity index is 0.